The Morgan fingerprint density at radius 2 is 0.698 bits per heavy atom. The van der Waals surface area contributed by atoms with Gasteiger partial charge >= 0.3 is 18.3 Å². The van der Waals surface area contributed by atoms with Gasteiger partial charge in [-0.25, -0.2) is 28.8 Å². The molecule has 3 N–H and O–H groups in total. The molecule has 0 spiro atoms. The number of benzene rings is 3. The van der Waals surface area contributed by atoms with Crippen LogP contribution in [0.1, 0.15) is 130 Å². The lowest BCUT2D eigenvalue weighted by Gasteiger charge is -2.34. The zero-order chi connectivity index (χ0) is 47.5. The molecule has 15 nitrogen and oxygen atoms in total. The van der Waals surface area contributed by atoms with Gasteiger partial charge in [0.2, 0.25) is 18.2 Å². The topological polar surface area (TPSA) is 203 Å². The highest BCUT2D eigenvalue weighted by atomic mass is 16.6. The number of rotatable bonds is 19. The molecule has 0 aliphatic heterocycles. The Labute approximate surface area is 370 Å². The maximum Gasteiger partial charge on any atom is 0.407 e. The zero-order valence-corrected chi connectivity index (χ0v) is 38.8. The van der Waals surface area contributed by atoms with Crippen LogP contribution in [0, 0.1) is 5.41 Å². The summed E-state index contributed by atoms with van der Waals surface area (Å²) in [5.74, 6) is 0. The maximum atomic E-state index is 13.5. The highest BCUT2D eigenvalue weighted by Gasteiger charge is 2.37. The fraction of sp³-hybridized carbons (Fsp3) is 0.500. The van der Waals surface area contributed by atoms with Crippen LogP contribution < -0.4 is 16.0 Å². The van der Waals surface area contributed by atoms with Gasteiger partial charge in [0.05, 0.1) is 38.6 Å². The summed E-state index contributed by atoms with van der Waals surface area (Å²) in [7, 11) is 0. The Morgan fingerprint density at radius 1 is 0.460 bits per heavy atom. The van der Waals surface area contributed by atoms with E-state index in [0.29, 0.717) is 16.7 Å². The van der Waals surface area contributed by atoms with E-state index in [1.54, 1.807) is 126 Å². The SMILES string of the molecule is CCC(COC(=O)NC(C)(C)c1cccc(C(C)(C)N=C=O)c1)(COC(=O)NC(C)(C)c1cccc(C(C)(C)N=C=O)c1)COC(=O)NC(C)(C)c1cccc(C(C)(C)N=C=O)c1. The lowest BCUT2D eigenvalue weighted by atomic mass is 9.87. The number of carbonyl (C=O) groups excluding carboxylic acids is 6. The third kappa shape index (κ3) is 13.8. The van der Waals surface area contributed by atoms with Crippen molar-refractivity contribution in [3.8, 4) is 0 Å². The van der Waals surface area contributed by atoms with E-state index in [9.17, 15) is 28.8 Å². The molecule has 0 radical (unpaired) electrons. The Balaban J connectivity index is 1.86. The largest absolute Gasteiger partial charge is 0.449 e. The number of nitrogens with zero attached hydrogens (tertiary/aromatic N) is 3. The van der Waals surface area contributed by atoms with Crippen molar-refractivity contribution < 1.29 is 43.0 Å². The average Bonchev–Trinajstić information content (AvgIpc) is 3.20. The number of alkyl carbamates (subject to hydrolysis) is 3. The van der Waals surface area contributed by atoms with Crippen molar-refractivity contribution in [1.82, 2.24) is 16.0 Å². The molecule has 0 atom stereocenters. The van der Waals surface area contributed by atoms with Crippen molar-refractivity contribution in [1.29, 1.82) is 0 Å². The molecule has 15 heteroatoms. The first-order chi connectivity index (χ1) is 29.2. The molecule has 0 aliphatic rings. The first-order valence-corrected chi connectivity index (χ1v) is 20.6. The van der Waals surface area contributed by atoms with Crippen molar-refractivity contribution in [2.24, 2.45) is 20.4 Å². The second-order valence-electron chi connectivity index (χ2n) is 18.9. The number of amides is 3. The van der Waals surface area contributed by atoms with Crippen LogP contribution >= 0.6 is 0 Å². The molecule has 0 saturated carbocycles. The van der Waals surface area contributed by atoms with Gasteiger partial charge in [0.25, 0.3) is 0 Å². The second kappa shape index (κ2) is 20.2. The quantitative estimate of drug-likeness (QED) is 0.0597. The number of ether oxygens (including phenoxy) is 3. The summed E-state index contributed by atoms with van der Waals surface area (Å²) in [4.78, 5) is 85.5. The smallest absolute Gasteiger partial charge is 0.407 e. The van der Waals surface area contributed by atoms with Crippen LogP contribution in [0.3, 0.4) is 0 Å². The summed E-state index contributed by atoms with van der Waals surface area (Å²) in [5.41, 5.74) is -2.26. The number of carbonyl (C=O) groups is 3. The molecule has 0 fully saturated rings. The van der Waals surface area contributed by atoms with E-state index in [4.69, 9.17) is 14.2 Å². The molecule has 0 unspecified atom stereocenters. The molecule has 0 heterocycles. The van der Waals surface area contributed by atoms with Gasteiger partial charge in [-0.3, -0.25) is 0 Å². The Hall–Kier alpha value is -6.39. The molecule has 63 heavy (non-hydrogen) atoms. The second-order valence-corrected chi connectivity index (χ2v) is 18.9. The van der Waals surface area contributed by atoms with Crippen LogP contribution in [0.15, 0.2) is 87.8 Å². The number of aliphatic imine (C=N–C) groups is 3. The van der Waals surface area contributed by atoms with Gasteiger partial charge < -0.3 is 30.2 Å². The van der Waals surface area contributed by atoms with Crippen molar-refractivity contribution in [3.63, 3.8) is 0 Å². The molecular formula is C48H62N6O9. The fourth-order valence-corrected chi connectivity index (χ4v) is 6.58. The van der Waals surface area contributed by atoms with Gasteiger partial charge in [-0.15, -0.1) is 0 Å². The molecule has 0 aliphatic carbocycles. The van der Waals surface area contributed by atoms with Crippen LogP contribution in [0.25, 0.3) is 0 Å². The molecular weight excluding hydrogens is 805 g/mol. The molecule has 0 saturated heterocycles. The van der Waals surface area contributed by atoms with Crippen LogP contribution in [0.5, 0.6) is 0 Å². The summed E-state index contributed by atoms with van der Waals surface area (Å²) >= 11 is 0. The lowest BCUT2D eigenvalue weighted by molar-refractivity contribution is -0.0206. The van der Waals surface area contributed by atoms with E-state index in [1.807, 2.05) is 54.6 Å². The van der Waals surface area contributed by atoms with Gasteiger partial charge in [-0.1, -0.05) is 79.7 Å². The maximum absolute atomic E-state index is 13.5. The van der Waals surface area contributed by atoms with Gasteiger partial charge in [-0.2, -0.15) is 15.0 Å². The van der Waals surface area contributed by atoms with Crippen molar-refractivity contribution >= 4 is 36.5 Å². The third-order valence-electron chi connectivity index (χ3n) is 11.4. The van der Waals surface area contributed by atoms with Crippen LogP contribution in [-0.4, -0.2) is 56.3 Å². The van der Waals surface area contributed by atoms with Crippen molar-refractivity contribution in [2.45, 2.75) is 130 Å². The van der Waals surface area contributed by atoms with Crippen molar-refractivity contribution in [2.75, 3.05) is 19.8 Å². The number of hydrogen-bond donors (Lipinski definition) is 3. The molecule has 3 aromatic carbocycles. The van der Waals surface area contributed by atoms with Gasteiger partial charge in [-0.05, 0) is 123 Å². The minimum atomic E-state index is -1.21. The predicted molar refractivity (Wildman–Crippen MR) is 238 cm³/mol. The molecule has 3 rings (SSSR count). The van der Waals surface area contributed by atoms with Crippen LogP contribution in [0.2, 0.25) is 0 Å². The van der Waals surface area contributed by atoms with Crippen LogP contribution in [0.4, 0.5) is 14.4 Å². The Morgan fingerprint density at radius 3 is 0.921 bits per heavy atom. The highest BCUT2D eigenvalue weighted by Crippen LogP contribution is 2.33. The monoisotopic (exact) mass is 866 g/mol. The normalized spacial score (nSPS) is 13.1. The zero-order valence-electron chi connectivity index (χ0n) is 38.8. The Kier molecular flexibility index (Phi) is 16.3. The van der Waals surface area contributed by atoms with Gasteiger partial charge in [0.15, 0.2) is 0 Å². The number of isocyanates is 3. The van der Waals surface area contributed by atoms with E-state index in [0.717, 1.165) is 16.7 Å². The summed E-state index contributed by atoms with van der Waals surface area (Å²) < 4.78 is 17.4. The predicted octanol–water partition coefficient (Wildman–Crippen LogP) is 9.08. The van der Waals surface area contributed by atoms with Crippen molar-refractivity contribution in [3.05, 3.63) is 106 Å². The highest BCUT2D eigenvalue weighted by molar-refractivity contribution is 5.70. The van der Waals surface area contributed by atoms with E-state index in [1.165, 1.54) is 0 Å². The molecule has 3 aromatic rings. The average molecular weight is 867 g/mol. The standard InChI is InChI=1S/C48H62N6O9/c1-14-48(27-61-39(58)52-45(8,9)36-21-15-18-33(24-36)42(2,3)49-30-55,28-62-40(59)53-46(10,11)37-22-16-19-34(25-37)43(4,5)50-31-56)29-63-41(60)54-47(12,13)38-23-17-20-35(26-38)44(6,7)51-32-57/h15-26H,14,27-29H2,1-13H3,(H,52,58)(H,53,59)(H,54,60). The van der Waals surface area contributed by atoms with Gasteiger partial charge in [0.1, 0.15) is 19.8 Å². The summed E-state index contributed by atoms with van der Waals surface area (Å²) in [5, 5.41) is 8.67. The summed E-state index contributed by atoms with van der Waals surface area (Å²) in [6.07, 6.45) is 2.73. The van der Waals surface area contributed by atoms with E-state index >= 15 is 0 Å². The minimum Gasteiger partial charge on any atom is -0.449 e. The minimum absolute atomic E-state index is 0.244. The molecule has 338 valence electrons. The summed E-state index contributed by atoms with van der Waals surface area (Å²) in [6.45, 7) is 22.3. The number of nitrogens with one attached hydrogen (secondary N) is 3. The van der Waals surface area contributed by atoms with E-state index in [2.05, 4.69) is 30.9 Å². The van der Waals surface area contributed by atoms with Gasteiger partial charge in [0, 0.05) is 0 Å². The Bertz CT molecular complexity index is 2030. The fourth-order valence-electron chi connectivity index (χ4n) is 6.58. The first kappa shape index (κ1) is 51.0. The molecule has 0 aromatic heterocycles. The van der Waals surface area contributed by atoms with Crippen LogP contribution in [-0.2, 0) is 61.8 Å². The number of hydrogen-bond acceptors (Lipinski definition) is 12. The summed E-state index contributed by atoms with van der Waals surface area (Å²) in [6, 6.07) is 21.9. The lowest BCUT2D eigenvalue weighted by Crippen LogP contribution is -2.47. The molecule has 0 bridgehead atoms. The van der Waals surface area contributed by atoms with E-state index < -0.39 is 56.9 Å². The first-order valence-electron chi connectivity index (χ1n) is 20.6. The third-order valence-corrected chi connectivity index (χ3v) is 11.4. The van der Waals surface area contributed by atoms with E-state index in [-0.39, 0.29) is 26.2 Å². The molecule has 3 amide bonds.